The van der Waals surface area contributed by atoms with Gasteiger partial charge in [0.05, 0.1) is 36.5 Å². The molecule has 1 N–H and O–H groups in total. The van der Waals surface area contributed by atoms with Crippen molar-refractivity contribution in [3.63, 3.8) is 0 Å². The van der Waals surface area contributed by atoms with Gasteiger partial charge in [-0.05, 0) is 25.1 Å². The number of carbonyl (C=O) groups is 1. The molecule has 3 heterocycles. The lowest BCUT2D eigenvalue weighted by Crippen LogP contribution is -2.25. The summed E-state index contributed by atoms with van der Waals surface area (Å²) >= 11 is 0. The summed E-state index contributed by atoms with van der Waals surface area (Å²) in [6.45, 7) is 1.97. The Bertz CT molecular complexity index is 2100. The van der Waals surface area contributed by atoms with Crippen molar-refractivity contribution in [2.75, 3.05) is 31.8 Å². The molecule has 0 atom stereocenters. The number of para-hydroxylation sites is 1. The van der Waals surface area contributed by atoms with Gasteiger partial charge in [-0.3, -0.25) is 9.10 Å². The molecule has 10 nitrogen and oxygen atoms in total. The smallest absolute Gasteiger partial charge is 0.255 e. The number of amides is 1. The first-order valence-corrected chi connectivity index (χ1v) is 15.2. The Morgan fingerprint density at radius 2 is 1.74 bits per heavy atom. The number of hydrogen-bond acceptors (Lipinski definition) is 8. The van der Waals surface area contributed by atoms with Crippen LogP contribution >= 0.6 is 0 Å². The van der Waals surface area contributed by atoms with Crippen molar-refractivity contribution in [3.05, 3.63) is 84.1 Å². The second kappa shape index (κ2) is 10.6. The average Bonchev–Trinajstić information content (AvgIpc) is 3.61. The fraction of sp³-hybridized carbons (Fsp3) is 0.156. The van der Waals surface area contributed by atoms with E-state index < -0.39 is 10.0 Å². The minimum atomic E-state index is -3.71. The Balaban J connectivity index is 1.64. The molecule has 0 saturated heterocycles. The number of fused-ring (bicyclic) bond motifs is 2. The quantitative estimate of drug-likeness (QED) is 0.236. The van der Waals surface area contributed by atoms with Crippen LogP contribution in [-0.4, -0.2) is 51.8 Å². The number of furan rings is 2. The van der Waals surface area contributed by atoms with Crippen LogP contribution in [0.4, 0.5) is 5.69 Å². The molecule has 0 bridgehead atoms. The van der Waals surface area contributed by atoms with E-state index in [9.17, 15) is 13.2 Å². The predicted molar refractivity (Wildman–Crippen MR) is 166 cm³/mol. The van der Waals surface area contributed by atoms with Gasteiger partial charge in [-0.15, -0.1) is 0 Å². The maximum absolute atomic E-state index is 13.2. The van der Waals surface area contributed by atoms with Crippen molar-refractivity contribution in [2.45, 2.75) is 6.92 Å². The molecular weight excluding hydrogens is 568 g/mol. The lowest BCUT2D eigenvalue weighted by molar-refractivity contribution is 0.0964. The number of anilines is 1. The molecule has 1 amide bonds. The van der Waals surface area contributed by atoms with Gasteiger partial charge in [-0.1, -0.05) is 48.0 Å². The van der Waals surface area contributed by atoms with Crippen LogP contribution in [0.3, 0.4) is 0 Å². The van der Waals surface area contributed by atoms with Gasteiger partial charge in [0.2, 0.25) is 15.9 Å². The molecule has 0 aliphatic rings. The van der Waals surface area contributed by atoms with Gasteiger partial charge in [0.15, 0.2) is 11.5 Å². The number of aryl methyl sites for hydroxylation is 1. The Kier molecular flexibility index (Phi) is 6.89. The molecule has 3 aromatic carbocycles. The number of methoxy groups -OCH3 is 1. The van der Waals surface area contributed by atoms with E-state index >= 15 is 0 Å². The van der Waals surface area contributed by atoms with Crippen LogP contribution in [-0.2, 0) is 10.0 Å². The van der Waals surface area contributed by atoms with E-state index in [1.807, 2.05) is 61.5 Å². The van der Waals surface area contributed by atoms with Crippen molar-refractivity contribution in [2.24, 2.45) is 0 Å². The van der Waals surface area contributed by atoms with Crippen LogP contribution in [0.25, 0.3) is 56.0 Å². The molecule has 218 valence electrons. The Labute approximate surface area is 248 Å². The number of carbonyl (C=O) groups excluding carboxylic acids is 1. The molecule has 3 aromatic heterocycles. The van der Waals surface area contributed by atoms with Crippen LogP contribution in [0, 0.1) is 6.92 Å². The highest BCUT2D eigenvalue weighted by Crippen LogP contribution is 2.42. The van der Waals surface area contributed by atoms with E-state index in [0.29, 0.717) is 56.2 Å². The molecule has 6 rings (SSSR count). The van der Waals surface area contributed by atoms with Crippen molar-refractivity contribution >= 4 is 43.6 Å². The van der Waals surface area contributed by atoms with E-state index in [-0.39, 0.29) is 17.5 Å². The Hall–Kier alpha value is -5.16. The van der Waals surface area contributed by atoms with Crippen LogP contribution in [0.2, 0.25) is 0 Å². The summed E-state index contributed by atoms with van der Waals surface area (Å²) in [7, 11) is 0.765. The van der Waals surface area contributed by atoms with Gasteiger partial charge in [0, 0.05) is 42.1 Å². The minimum absolute atomic E-state index is 0.234. The number of benzene rings is 3. The van der Waals surface area contributed by atoms with Crippen molar-refractivity contribution in [3.8, 4) is 39.9 Å². The number of ether oxygens (including phenoxy) is 1. The standard InChI is InChI=1S/C32H28N4O6S/c1-18-10-12-19(13-11-18)30-28(31(37)33-2)22-15-21(24(16-26(22)42-30)36(3)43(5,38)39)23-17-34-32(40-4)29(35-23)27-14-20-8-6-7-9-25(20)41-27/h6-17H,1-5H3,(H,33,37). The third kappa shape index (κ3) is 4.97. The number of aromatic nitrogens is 2. The number of rotatable bonds is 7. The highest BCUT2D eigenvalue weighted by molar-refractivity contribution is 7.92. The Morgan fingerprint density at radius 1 is 1.00 bits per heavy atom. The van der Waals surface area contributed by atoms with Gasteiger partial charge in [-0.25, -0.2) is 18.4 Å². The first-order chi connectivity index (χ1) is 20.6. The maximum Gasteiger partial charge on any atom is 0.255 e. The number of nitrogens with one attached hydrogen (secondary N) is 1. The summed E-state index contributed by atoms with van der Waals surface area (Å²) in [5.41, 5.74) is 4.45. The fourth-order valence-electron chi connectivity index (χ4n) is 4.95. The fourth-order valence-corrected chi connectivity index (χ4v) is 5.46. The summed E-state index contributed by atoms with van der Waals surface area (Å²) in [4.78, 5) is 22.6. The normalized spacial score (nSPS) is 11.7. The molecule has 0 aliphatic heterocycles. The van der Waals surface area contributed by atoms with E-state index in [1.54, 1.807) is 19.2 Å². The predicted octanol–water partition coefficient (Wildman–Crippen LogP) is 6.04. The van der Waals surface area contributed by atoms with Gasteiger partial charge in [0.1, 0.15) is 16.9 Å². The zero-order valence-electron chi connectivity index (χ0n) is 24.1. The maximum atomic E-state index is 13.2. The first kappa shape index (κ1) is 28.0. The van der Waals surface area contributed by atoms with Crippen molar-refractivity contribution in [1.82, 2.24) is 15.3 Å². The molecule has 43 heavy (non-hydrogen) atoms. The number of hydrogen-bond donors (Lipinski definition) is 1. The molecule has 11 heteroatoms. The zero-order valence-corrected chi connectivity index (χ0v) is 24.9. The molecule has 0 radical (unpaired) electrons. The molecule has 0 aliphatic carbocycles. The summed E-state index contributed by atoms with van der Waals surface area (Å²) < 4.78 is 44.5. The molecule has 0 spiro atoms. The van der Waals surface area contributed by atoms with E-state index in [2.05, 4.69) is 10.3 Å². The lowest BCUT2D eigenvalue weighted by Gasteiger charge is -2.20. The molecule has 6 aromatic rings. The van der Waals surface area contributed by atoms with Crippen molar-refractivity contribution in [1.29, 1.82) is 0 Å². The van der Waals surface area contributed by atoms with Gasteiger partial charge in [0.25, 0.3) is 5.91 Å². The van der Waals surface area contributed by atoms with Crippen LogP contribution in [0.15, 0.2) is 81.8 Å². The lowest BCUT2D eigenvalue weighted by atomic mass is 10.0. The summed E-state index contributed by atoms with van der Waals surface area (Å²) in [5.74, 6) is 0.678. The molecule has 0 saturated carbocycles. The molecule has 0 fully saturated rings. The third-order valence-electron chi connectivity index (χ3n) is 7.28. The van der Waals surface area contributed by atoms with Gasteiger partial charge in [-0.2, -0.15) is 0 Å². The monoisotopic (exact) mass is 596 g/mol. The average molecular weight is 597 g/mol. The number of sulfonamides is 1. The molecule has 0 unspecified atom stereocenters. The third-order valence-corrected chi connectivity index (χ3v) is 8.47. The summed E-state index contributed by atoms with van der Waals surface area (Å²) in [5, 5.41) is 4.06. The van der Waals surface area contributed by atoms with Gasteiger partial charge >= 0.3 is 0 Å². The molecular formula is C32H28N4O6S. The van der Waals surface area contributed by atoms with Crippen LogP contribution < -0.4 is 14.4 Å². The zero-order chi connectivity index (χ0) is 30.5. The highest BCUT2D eigenvalue weighted by Gasteiger charge is 2.27. The van der Waals surface area contributed by atoms with Crippen LogP contribution in [0.1, 0.15) is 15.9 Å². The second-order valence-electron chi connectivity index (χ2n) is 10.1. The second-order valence-corrected chi connectivity index (χ2v) is 12.1. The summed E-state index contributed by atoms with van der Waals surface area (Å²) in [6.07, 6.45) is 2.60. The van der Waals surface area contributed by atoms with Crippen molar-refractivity contribution < 1.29 is 26.8 Å². The summed E-state index contributed by atoms with van der Waals surface area (Å²) in [6, 6.07) is 20.3. The Morgan fingerprint density at radius 3 is 2.42 bits per heavy atom. The number of nitrogens with zero attached hydrogens (tertiary/aromatic N) is 3. The first-order valence-electron chi connectivity index (χ1n) is 13.3. The SMILES string of the molecule is CNC(=O)c1c(-c2ccc(C)cc2)oc2cc(N(C)S(C)(=O)=O)c(-c3cnc(OC)c(-c4cc5ccccc5o4)n3)cc12. The largest absolute Gasteiger partial charge is 0.479 e. The van der Waals surface area contributed by atoms with E-state index in [0.717, 1.165) is 21.5 Å². The topological polar surface area (TPSA) is 128 Å². The van der Waals surface area contributed by atoms with E-state index in [1.165, 1.54) is 20.4 Å². The van der Waals surface area contributed by atoms with Crippen LogP contribution in [0.5, 0.6) is 5.88 Å². The van der Waals surface area contributed by atoms with Gasteiger partial charge < -0.3 is 18.9 Å². The minimum Gasteiger partial charge on any atom is -0.479 e. The van der Waals surface area contributed by atoms with E-state index in [4.69, 9.17) is 18.6 Å². The highest BCUT2D eigenvalue weighted by atomic mass is 32.2.